The zero-order valence-corrected chi connectivity index (χ0v) is 21.8. The van der Waals surface area contributed by atoms with E-state index in [1.807, 2.05) is 32.0 Å². The van der Waals surface area contributed by atoms with Crippen molar-refractivity contribution in [2.45, 2.75) is 30.9 Å². The molecule has 0 aliphatic carbocycles. The Balaban J connectivity index is 1.66. The molecular formula is C27H32N2O4S2. The van der Waals surface area contributed by atoms with Crippen LogP contribution >= 0.6 is 11.8 Å². The molecular weight excluding hydrogens is 480 g/mol. The number of nitrogens with one attached hydrogen (secondary N) is 1. The molecule has 0 unspecified atom stereocenters. The second kappa shape index (κ2) is 13.2. The van der Waals surface area contributed by atoms with Crippen molar-refractivity contribution < 1.29 is 17.9 Å². The van der Waals surface area contributed by atoms with E-state index in [1.165, 1.54) is 5.56 Å². The standard InChI is InChI=1S/C27H32N2O4S2/c1-3-33-26-13-8-7-12-25(26)29(35(31,32)24-16-14-22(2)15-17-24)20-27(30)28-18-9-19-34-21-23-10-5-4-6-11-23/h4-8,10-17H,3,9,18-21H2,1-2H3,(H,28,30). The normalized spacial score (nSPS) is 11.1. The molecule has 3 aromatic carbocycles. The van der Waals surface area contributed by atoms with Gasteiger partial charge in [0.25, 0.3) is 10.0 Å². The molecule has 0 heterocycles. The average Bonchev–Trinajstić information content (AvgIpc) is 2.86. The Morgan fingerprint density at radius 1 is 0.971 bits per heavy atom. The van der Waals surface area contributed by atoms with Crippen molar-refractivity contribution in [3.8, 4) is 5.75 Å². The maximum atomic E-state index is 13.6. The zero-order valence-electron chi connectivity index (χ0n) is 20.1. The number of aryl methyl sites for hydroxylation is 1. The molecule has 0 radical (unpaired) electrons. The maximum Gasteiger partial charge on any atom is 0.264 e. The predicted molar refractivity (Wildman–Crippen MR) is 144 cm³/mol. The van der Waals surface area contributed by atoms with E-state index >= 15 is 0 Å². The molecule has 6 nitrogen and oxygen atoms in total. The Hall–Kier alpha value is -2.97. The number of sulfonamides is 1. The number of hydrogen-bond acceptors (Lipinski definition) is 5. The summed E-state index contributed by atoms with van der Waals surface area (Å²) in [5.41, 5.74) is 2.56. The number of para-hydroxylation sites is 2. The van der Waals surface area contributed by atoms with E-state index in [9.17, 15) is 13.2 Å². The first-order valence-corrected chi connectivity index (χ1v) is 14.2. The molecule has 35 heavy (non-hydrogen) atoms. The Morgan fingerprint density at radius 3 is 2.37 bits per heavy atom. The van der Waals surface area contributed by atoms with Gasteiger partial charge in [-0.25, -0.2) is 8.42 Å². The average molecular weight is 513 g/mol. The number of thioether (sulfide) groups is 1. The fourth-order valence-corrected chi connectivity index (χ4v) is 5.78. The number of carbonyl (C=O) groups is 1. The predicted octanol–water partition coefficient (Wildman–Crippen LogP) is 5.03. The fraction of sp³-hybridized carbons (Fsp3) is 0.296. The fourth-order valence-electron chi connectivity index (χ4n) is 3.43. The molecule has 0 saturated heterocycles. The van der Waals surface area contributed by atoms with Gasteiger partial charge in [0.1, 0.15) is 12.3 Å². The second-order valence-electron chi connectivity index (χ2n) is 7.97. The second-order valence-corrected chi connectivity index (χ2v) is 10.9. The molecule has 3 rings (SSSR count). The summed E-state index contributed by atoms with van der Waals surface area (Å²) in [6, 6.07) is 23.7. The summed E-state index contributed by atoms with van der Waals surface area (Å²) in [5, 5.41) is 2.87. The highest BCUT2D eigenvalue weighted by Crippen LogP contribution is 2.32. The van der Waals surface area contributed by atoms with Gasteiger partial charge in [0, 0.05) is 12.3 Å². The van der Waals surface area contributed by atoms with Crippen molar-refractivity contribution in [1.29, 1.82) is 0 Å². The van der Waals surface area contributed by atoms with Gasteiger partial charge in [-0.3, -0.25) is 9.10 Å². The van der Waals surface area contributed by atoms with Crippen molar-refractivity contribution in [2.24, 2.45) is 0 Å². The van der Waals surface area contributed by atoms with Gasteiger partial charge in [0.2, 0.25) is 5.91 Å². The minimum Gasteiger partial charge on any atom is -0.492 e. The van der Waals surface area contributed by atoms with Crippen LogP contribution < -0.4 is 14.4 Å². The number of benzene rings is 3. The van der Waals surface area contributed by atoms with Gasteiger partial charge in [-0.2, -0.15) is 11.8 Å². The lowest BCUT2D eigenvalue weighted by atomic mass is 10.2. The van der Waals surface area contributed by atoms with Crippen molar-refractivity contribution in [3.63, 3.8) is 0 Å². The lowest BCUT2D eigenvalue weighted by Gasteiger charge is -2.26. The number of ether oxygens (including phenoxy) is 1. The molecule has 0 bridgehead atoms. The molecule has 0 aromatic heterocycles. The highest BCUT2D eigenvalue weighted by Gasteiger charge is 2.29. The number of nitrogens with zero attached hydrogens (tertiary/aromatic N) is 1. The van der Waals surface area contributed by atoms with Crippen LogP contribution in [0.5, 0.6) is 5.75 Å². The third-order valence-corrected chi connectivity index (χ3v) is 8.12. The van der Waals surface area contributed by atoms with E-state index in [1.54, 1.807) is 60.3 Å². The SMILES string of the molecule is CCOc1ccccc1N(CC(=O)NCCCSCc1ccccc1)S(=O)(=O)c1ccc(C)cc1. The number of anilines is 1. The van der Waals surface area contributed by atoms with Crippen molar-refractivity contribution in [1.82, 2.24) is 5.32 Å². The maximum absolute atomic E-state index is 13.6. The minimum atomic E-state index is -3.99. The Morgan fingerprint density at radius 2 is 1.66 bits per heavy atom. The van der Waals surface area contributed by atoms with Crippen LogP contribution in [-0.2, 0) is 20.6 Å². The van der Waals surface area contributed by atoms with Crippen LogP contribution in [0.4, 0.5) is 5.69 Å². The third-order valence-electron chi connectivity index (χ3n) is 5.23. The summed E-state index contributed by atoms with van der Waals surface area (Å²) in [6.07, 6.45) is 0.795. The molecule has 1 N–H and O–H groups in total. The van der Waals surface area contributed by atoms with Gasteiger partial charge >= 0.3 is 0 Å². The van der Waals surface area contributed by atoms with E-state index < -0.39 is 10.0 Å². The van der Waals surface area contributed by atoms with Crippen LogP contribution in [0.3, 0.4) is 0 Å². The van der Waals surface area contributed by atoms with Crippen LogP contribution in [0.1, 0.15) is 24.5 Å². The molecule has 0 aliphatic rings. The summed E-state index contributed by atoms with van der Waals surface area (Å²) < 4.78 is 33.9. The number of hydrogen-bond donors (Lipinski definition) is 1. The molecule has 0 aliphatic heterocycles. The summed E-state index contributed by atoms with van der Waals surface area (Å²) in [7, 11) is -3.99. The Kier molecular flexibility index (Phi) is 10.0. The van der Waals surface area contributed by atoms with Crippen LogP contribution in [-0.4, -0.2) is 39.8 Å². The number of carbonyl (C=O) groups excluding carboxylic acids is 1. The first-order chi connectivity index (χ1) is 16.9. The molecule has 0 spiro atoms. The van der Waals surface area contributed by atoms with Gasteiger partial charge in [-0.1, -0.05) is 60.2 Å². The van der Waals surface area contributed by atoms with Crippen molar-refractivity contribution in [2.75, 3.05) is 29.8 Å². The number of rotatable bonds is 13. The molecule has 0 atom stereocenters. The summed E-state index contributed by atoms with van der Waals surface area (Å²) in [4.78, 5) is 12.9. The Labute approximate surface area is 212 Å². The van der Waals surface area contributed by atoms with E-state index in [2.05, 4.69) is 17.4 Å². The third kappa shape index (κ3) is 7.77. The van der Waals surface area contributed by atoms with Crippen LogP contribution in [0.25, 0.3) is 0 Å². The van der Waals surface area contributed by atoms with Gasteiger partial charge in [0.15, 0.2) is 0 Å². The van der Waals surface area contributed by atoms with E-state index in [0.717, 1.165) is 27.8 Å². The van der Waals surface area contributed by atoms with Gasteiger partial charge in [0.05, 0.1) is 17.2 Å². The highest BCUT2D eigenvalue weighted by atomic mass is 32.2. The summed E-state index contributed by atoms with van der Waals surface area (Å²) >= 11 is 1.80. The smallest absolute Gasteiger partial charge is 0.264 e. The quantitative estimate of drug-likeness (QED) is 0.325. The summed E-state index contributed by atoms with van der Waals surface area (Å²) in [5.74, 6) is 1.87. The zero-order chi connectivity index (χ0) is 25.1. The van der Waals surface area contributed by atoms with Gasteiger partial charge in [-0.05, 0) is 55.9 Å². The van der Waals surface area contributed by atoms with Crippen LogP contribution in [0, 0.1) is 6.92 Å². The molecule has 3 aromatic rings. The molecule has 0 fully saturated rings. The van der Waals surface area contributed by atoms with Crippen molar-refractivity contribution in [3.05, 3.63) is 90.0 Å². The molecule has 1 amide bonds. The largest absolute Gasteiger partial charge is 0.492 e. The lowest BCUT2D eigenvalue weighted by Crippen LogP contribution is -2.41. The Bertz CT molecular complexity index is 1180. The topological polar surface area (TPSA) is 75.7 Å². The first kappa shape index (κ1) is 26.6. The summed E-state index contributed by atoms with van der Waals surface area (Å²) in [6.45, 7) is 4.24. The number of amides is 1. The highest BCUT2D eigenvalue weighted by molar-refractivity contribution is 7.98. The van der Waals surface area contributed by atoms with E-state index in [-0.39, 0.29) is 17.3 Å². The van der Waals surface area contributed by atoms with E-state index in [0.29, 0.717) is 24.6 Å². The van der Waals surface area contributed by atoms with Gasteiger partial charge in [-0.15, -0.1) is 0 Å². The van der Waals surface area contributed by atoms with Crippen LogP contribution in [0.2, 0.25) is 0 Å². The minimum absolute atomic E-state index is 0.125. The van der Waals surface area contributed by atoms with E-state index in [4.69, 9.17) is 4.74 Å². The molecule has 8 heteroatoms. The first-order valence-electron chi connectivity index (χ1n) is 11.6. The lowest BCUT2D eigenvalue weighted by molar-refractivity contribution is -0.119. The molecule has 0 saturated carbocycles. The van der Waals surface area contributed by atoms with Crippen molar-refractivity contribution >= 4 is 33.4 Å². The monoisotopic (exact) mass is 512 g/mol. The van der Waals surface area contributed by atoms with Gasteiger partial charge < -0.3 is 10.1 Å². The van der Waals surface area contributed by atoms with Crippen LogP contribution in [0.15, 0.2) is 83.8 Å². The molecule has 186 valence electrons.